The predicted molar refractivity (Wildman–Crippen MR) is 115 cm³/mol. The largest absolute Gasteiger partial charge is 0.457 e. The van der Waals surface area contributed by atoms with Gasteiger partial charge in [-0.3, -0.25) is 4.79 Å². The van der Waals surface area contributed by atoms with E-state index < -0.39 is 5.91 Å². The second-order valence-corrected chi connectivity index (χ2v) is 6.68. The van der Waals surface area contributed by atoms with Crippen LogP contribution in [0.3, 0.4) is 0 Å². The molecule has 0 saturated carbocycles. The molecule has 29 heavy (non-hydrogen) atoms. The van der Waals surface area contributed by atoms with Crippen LogP contribution in [0.2, 0.25) is 10.0 Å². The number of rotatable bonds is 6. The Bertz CT molecular complexity index is 1080. The summed E-state index contributed by atoms with van der Waals surface area (Å²) < 4.78 is 5.72. The van der Waals surface area contributed by atoms with Crippen LogP contribution in [0.1, 0.15) is 0 Å². The number of nitrogens with zero attached hydrogens (tertiary/aromatic N) is 1. The number of halogens is 2. The summed E-state index contributed by atoms with van der Waals surface area (Å²) in [5.41, 5.74) is 0.945. The summed E-state index contributed by atoms with van der Waals surface area (Å²) in [6.45, 7) is 0. The molecule has 0 bridgehead atoms. The van der Waals surface area contributed by atoms with Crippen molar-refractivity contribution in [1.82, 2.24) is 0 Å². The molecular formula is C22H15Cl2N3O2. The third-order valence-electron chi connectivity index (χ3n) is 3.76. The van der Waals surface area contributed by atoms with Crippen molar-refractivity contribution in [2.45, 2.75) is 0 Å². The molecule has 0 saturated heterocycles. The lowest BCUT2D eigenvalue weighted by Crippen LogP contribution is -2.14. The van der Waals surface area contributed by atoms with Crippen molar-refractivity contribution in [2.75, 3.05) is 10.6 Å². The average Bonchev–Trinajstić information content (AvgIpc) is 2.72. The quantitative estimate of drug-likeness (QED) is 0.363. The molecule has 0 fully saturated rings. The maximum absolute atomic E-state index is 12.3. The molecule has 0 radical (unpaired) electrons. The van der Waals surface area contributed by atoms with Crippen LogP contribution in [0.4, 0.5) is 11.4 Å². The summed E-state index contributed by atoms with van der Waals surface area (Å²) in [7, 11) is 0. The lowest BCUT2D eigenvalue weighted by Gasteiger charge is -2.08. The minimum absolute atomic E-state index is 0.111. The molecule has 0 aliphatic rings. The Labute approximate surface area is 178 Å². The van der Waals surface area contributed by atoms with Gasteiger partial charge in [0.1, 0.15) is 23.1 Å². The van der Waals surface area contributed by atoms with E-state index in [1.54, 1.807) is 36.4 Å². The van der Waals surface area contributed by atoms with E-state index in [1.807, 2.05) is 36.4 Å². The second kappa shape index (κ2) is 9.65. The lowest BCUT2D eigenvalue weighted by atomic mass is 10.2. The molecule has 0 aliphatic heterocycles. The van der Waals surface area contributed by atoms with Gasteiger partial charge in [-0.05, 0) is 54.6 Å². The number of hydrogen-bond donors (Lipinski definition) is 2. The zero-order valence-electron chi connectivity index (χ0n) is 15.0. The van der Waals surface area contributed by atoms with Crippen LogP contribution >= 0.6 is 23.2 Å². The fraction of sp³-hybridized carbons (Fsp3) is 0. The number of nitriles is 1. The highest BCUT2D eigenvalue weighted by atomic mass is 35.5. The van der Waals surface area contributed by atoms with Gasteiger partial charge in [0.05, 0.1) is 10.7 Å². The van der Waals surface area contributed by atoms with E-state index in [0.29, 0.717) is 22.1 Å². The van der Waals surface area contributed by atoms with Gasteiger partial charge in [-0.25, -0.2) is 0 Å². The molecule has 0 spiro atoms. The first-order chi connectivity index (χ1) is 14.0. The van der Waals surface area contributed by atoms with Crippen molar-refractivity contribution in [3.05, 3.63) is 94.6 Å². The highest BCUT2D eigenvalue weighted by Gasteiger charge is 2.11. The maximum atomic E-state index is 12.3. The van der Waals surface area contributed by atoms with Crippen molar-refractivity contribution in [3.8, 4) is 17.6 Å². The van der Waals surface area contributed by atoms with Crippen molar-refractivity contribution in [3.63, 3.8) is 0 Å². The number of nitrogens with one attached hydrogen (secondary N) is 2. The van der Waals surface area contributed by atoms with Crippen molar-refractivity contribution in [1.29, 1.82) is 5.26 Å². The molecule has 0 atom stereocenters. The molecule has 144 valence electrons. The van der Waals surface area contributed by atoms with Crippen LogP contribution in [-0.4, -0.2) is 5.91 Å². The molecule has 2 N–H and O–H groups in total. The van der Waals surface area contributed by atoms with Gasteiger partial charge in [0.2, 0.25) is 0 Å². The smallest absolute Gasteiger partial charge is 0.267 e. The molecule has 0 aliphatic carbocycles. The number of benzene rings is 3. The number of para-hydroxylation sites is 1. The Hall–Kier alpha value is -3.46. The zero-order chi connectivity index (χ0) is 20.6. The molecule has 0 heterocycles. The topological polar surface area (TPSA) is 74.1 Å². The van der Waals surface area contributed by atoms with Gasteiger partial charge in [-0.15, -0.1) is 0 Å². The molecule has 1 amide bonds. The van der Waals surface area contributed by atoms with Crippen molar-refractivity contribution < 1.29 is 9.53 Å². The molecular weight excluding hydrogens is 409 g/mol. The van der Waals surface area contributed by atoms with E-state index >= 15 is 0 Å². The summed E-state index contributed by atoms with van der Waals surface area (Å²) in [4.78, 5) is 12.3. The Kier molecular flexibility index (Phi) is 6.75. The Balaban J connectivity index is 1.63. The van der Waals surface area contributed by atoms with Gasteiger partial charge in [0, 0.05) is 16.9 Å². The molecule has 0 aromatic heterocycles. The number of amides is 1. The highest BCUT2D eigenvalue weighted by Crippen LogP contribution is 2.26. The van der Waals surface area contributed by atoms with Gasteiger partial charge in [-0.1, -0.05) is 41.4 Å². The standard InChI is InChI=1S/C22H15Cl2N3O2/c23-16-6-11-21(20(24)12-16)27-22(28)15(13-25)14-26-17-7-9-19(10-8-17)29-18-4-2-1-3-5-18/h1-12,14,26H,(H,27,28)/b15-14-. The summed E-state index contributed by atoms with van der Waals surface area (Å²) in [5, 5.41) is 15.5. The van der Waals surface area contributed by atoms with Gasteiger partial charge < -0.3 is 15.4 Å². The number of hydrogen-bond acceptors (Lipinski definition) is 4. The zero-order valence-corrected chi connectivity index (χ0v) is 16.5. The number of carbonyl (C=O) groups excluding carboxylic acids is 1. The monoisotopic (exact) mass is 423 g/mol. The SMILES string of the molecule is N#C/C(=C/Nc1ccc(Oc2ccccc2)cc1)C(=O)Nc1ccc(Cl)cc1Cl. The van der Waals surface area contributed by atoms with E-state index in [1.165, 1.54) is 12.3 Å². The van der Waals surface area contributed by atoms with Crippen LogP contribution in [0, 0.1) is 11.3 Å². The van der Waals surface area contributed by atoms with E-state index in [9.17, 15) is 10.1 Å². The van der Waals surface area contributed by atoms with Crippen molar-refractivity contribution >= 4 is 40.5 Å². The summed E-state index contributed by atoms with van der Waals surface area (Å²) >= 11 is 11.9. The van der Waals surface area contributed by atoms with Crippen LogP contribution in [0.15, 0.2) is 84.6 Å². The van der Waals surface area contributed by atoms with Crippen LogP contribution in [0.25, 0.3) is 0 Å². The first-order valence-corrected chi connectivity index (χ1v) is 9.27. The molecule has 3 aromatic carbocycles. The second-order valence-electron chi connectivity index (χ2n) is 5.83. The first kappa shape index (κ1) is 20.3. The third kappa shape index (κ3) is 5.76. The molecule has 3 rings (SSSR count). The fourth-order valence-corrected chi connectivity index (χ4v) is 2.78. The third-order valence-corrected chi connectivity index (χ3v) is 4.31. The van der Waals surface area contributed by atoms with Crippen molar-refractivity contribution in [2.24, 2.45) is 0 Å². The Morgan fingerprint density at radius 2 is 1.66 bits per heavy atom. The Morgan fingerprint density at radius 1 is 0.966 bits per heavy atom. The minimum atomic E-state index is -0.590. The van der Waals surface area contributed by atoms with E-state index in [2.05, 4.69) is 10.6 Å². The highest BCUT2D eigenvalue weighted by molar-refractivity contribution is 6.36. The molecule has 3 aromatic rings. The molecule has 7 heteroatoms. The number of ether oxygens (including phenoxy) is 1. The summed E-state index contributed by atoms with van der Waals surface area (Å²) in [5.74, 6) is 0.812. The summed E-state index contributed by atoms with van der Waals surface area (Å²) in [6.07, 6.45) is 1.33. The first-order valence-electron chi connectivity index (χ1n) is 8.51. The van der Waals surface area contributed by atoms with Crippen LogP contribution < -0.4 is 15.4 Å². The predicted octanol–water partition coefficient (Wildman–Crippen LogP) is 6.24. The maximum Gasteiger partial charge on any atom is 0.267 e. The fourth-order valence-electron chi connectivity index (χ4n) is 2.33. The van der Waals surface area contributed by atoms with Crippen LogP contribution in [0.5, 0.6) is 11.5 Å². The molecule has 5 nitrogen and oxygen atoms in total. The van der Waals surface area contributed by atoms with Gasteiger partial charge in [0.25, 0.3) is 5.91 Å². The van der Waals surface area contributed by atoms with E-state index in [4.69, 9.17) is 27.9 Å². The van der Waals surface area contributed by atoms with Crippen LogP contribution in [-0.2, 0) is 4.79 Å². The van der Waals surface area contributed by atoms with Gasteiger partial charge in [0.15, 0.2) is 0 Å². The Morgan fingerprint density at radius 3 is 2.31 bits per heavy atom. The van der Waals surface area contributed by atoms with E-state index in [0.717, 1.165) is 5.75 Å². The lowest BCUT2D eigenvalue weighted by molar-refractivity contribution is -0.112. The minimum Gasteiger partial charge on any atom is -0.457 e. The van der Waals surface area contributed by atoms with Gasteiger partial charge in [-0.2, -0.15) is 5.26 Å². The molecule has 0 unspecified atom stereocenters. The normalized spacial score (nSPS) is 10.7. The van der Waals surface area contributed by atoms with E-state index in [-0.39, 0.29) is 10.6 Å². The number of anilines is 2. The number of carbonyl (C=O) groups is 1. The average molecular weight is 424 g/mol. The van der Waals surface area contributed by atoms with Gasteiger partial charge >= 0.3 is 0 Å². The summed E-state index contributed by atoms with van der Waals surface area (Å²) in [6, 6.07) is 23.1.